The third-order valence-electron chi connectivity index (χ3n) is 3.21. The van der Waals surface area contributed by atoms with E-state index in [-0.39, 0.29) is 16.6 Å². The molecule has 0 amide bonds. The first-order chi connectivity index (χ1) is 11.6. The van der Waals surface area contributed by atoms with E-state index in [4.69, 9.17) is 4.74 Å². The van der Waals surface area contributed by atoms with Gasteiger partial charge in [0.2, 0.25) is 0 Å². The lowest BCUT2D eigenvalue weighted by Crippen LogP contribution is -2.16. The molecule has 0 atom stereocenters. The SMILES string of the molecule is COC(=O)c1cc(C)nc2nc(SCCn3cncn3)[nH]c(=O)c12. The number of carbonyl (C=O) groups excluding carboxylic acids is 1. The number of aromatic amines is 1. The highest BCUT2D eigenvalue weighted by molar-refractivity contribution is 7.99. The summed E-state index contributed by atoms with van der Waals surface area (Å²) >= 11 is 1.36. The Kier molecular flexibility index (Phi) is 4.56. The lowest BCUT2D eigenvalue weighted by Gasteiger charge is -2.07. The summed E-state index contributed by atoms with van der Waals surface area (Å²) in [7, 11) is 1.26. The second kappa shape index (κ2) is 6.79. The number of pyridine rings is 1. The summed E-state index contributed by atoms with van der Waals surface area (Å²) < 4.78 is 6.41. The number of hydrogen-bond donors (Lipinski definition) is 1. The van der Waals surface area contributed by atoms with Crippen molar-refractivity contribution in [1.82, 2.24) is 29.7 Å². The van der Waals surface area contributed by atoms with Gasteiger partial charge in [0.25, 0.3) is 5.56 Å². The van der Waals surface area contributed by atoms with Crippen molar-refractivity contribution in [2.45, 2.75) is 18.6 Å². The number of aromatic nitrogens is 6. The molecule has 0 aliphatic rings. The Bertz CT molecular complexity index is 938. The second-order valence-corrected chi connectivity index (χ2v) is 5.96. The van der Waals surface area contributed by atoms with Crippen molar-refractivity contribution in [2.24, 2.45) is 0 Å². The summed E-state index contributed by atoms with van der Waals surface area (Å²) in [6.07, 6.45) is 3.08. The molecule has 3 aromatic heterocycles. The van der Waals surface area contributed by atoms with Crippen molar-refractivity contribution in [3.63, 3.8) is 0 Å². The number of carbonyl (C=O) groups is 1. The summed E-state index contributed by atoms with van der Waals surface area (Å²) in [5.74, 6) is 0.0531. The van der Waals surface area contributed by atoms with Gasteiger partial charge in [0.1, 0.15) is 12.7 Å². The monoisotopic (exact) mass is 346 g/mol. The molecule has 0 unspecified atom stereocenters. The summed E-state index contributed by atoms with van der Waals surface area (Å²) in [6.45, 7) is 2.35. The lowest BCUT2D eigenvalue weighted by molar-refractivity contribution is 0.0602. The predicted molar refractivity (Wildman–Crippen MR) is 87.0 cm³/mol. The number of fused-ring (bicyclic) bond motifs is 1. The first-order valence-electron chi connectivity index (χ1n) is 7.03. The van der Waals surface area contributed by atoms with Crippen LogP contribution >= 0.6 is 11.8 Å². The Morgan fingerprint density at radius 1 is 1.42 bits per heavy atom. The molecule has 0 saturated heterocycles. The molecule has 24 heavy (non-hydrogen) atoms. The van der Waals surface area contributed by atoms with Crippen LogP contribution in [0.15, 0.2) is 28.7 Å². The molecule has 3 rings (SSSR count). The van der Waals surface area contributed by atoms with Gasteiger partial charge in [-0.2, -0.15) is 5.10 Å². The molecule has 0 aromatic carbocycles. The van der Waals surface area contributed by atoms with Crippen LogP contribution in [0.25, 0.3) is 11.0 Å². The normalized spacial score (nSPS) is 10.9. The molecule has 0 aliphatic heterocycles. The third-order valence-corrected chi connectivity index (χ3v) is 4.07. The largest absolute Gasteiger partial charge is 0.465 e. The van der Waals surface area contributed by atoms with Gasteiger partial charge in [0.05, 0.1) is 24.6 Å². The lowest BCUT2D eigenvalue weighted by atomic mass is 10.1. The fraction of sp³-hybridized carbons (Fsp3) is 0.286. The standard InChI is InChI=1S/C14H14N6O3S/c1-8-5-9(13(22)23-2)10-11(17-8)18-14(19-12(10)21)24-4-3-20-7-15-6-16-20/h5-7H,3-4H2,1-2H3,(H,17,18,19,21). The van der Waals surface area contributed by atoms with E-state index in [0.717, 1.165) is 0 Å². The first kappa shape index (κ1) is 16.1. The predicted octanol–water partition coefficient (Wildman–Crippen LogP) is 0.797. The maximum absolute atomic E-state index is 12.4. The number of rotatable bonds is 5. The van der Waals surface area contributed by atoms with E-state index in [9.17, 15) is 9.59 Å². The molecule has 0 spiro atoms. The van der Waals surface area contributed by atoms with Crippen LogP contribution in [-0.4, -0.2) is 48.5 Å². The summed E-state index contributed by atoms with van der Waals surface area (Å²) in [5, 5.41) is 4.57. The van der Waals surface area contributed by atoms with Gasteiger partial charge < -0.3 is 9.72 Å². The molecule has 0 aliphatic carbocycles. The van der Waals surface area contributed by atoms with Crippen molar-refractivity contribution >= 4 is 28.8 Å². The van der Waals surface area contributed by atoms with Gasteiger partial charge in [-0.25, -0.2) is 19.7 Å². The molecule has 9 nitrogen and oxygen atoms in total. The number of hydrogen-bond acceptors (Lipinski definition) is 8. The minimum absolute atomic E-state index is 0.132. The van der Waals surface area contributed by atoms with E-state index in [2.05, 4.69) is 25.0 Å². The van der Waals surface area contributed by atoms with Crippen LogP contribution in [-0.2, 0) is 11.3 Å². The van der Waals surface area contributed by atoms with E-state index in [1.165, 1.54) is 31.3 Å². The molecule has 3 heterocycles. The second-order valence-electron chi connectivity index (χ2n) is 4.88. The number of ether oxygens (including phenoxy) is 1. The maximum atomic E-state index is 12.4. The number of esters is 1. The number of nitrogens with one attached hydrogen (secondary N) is 1. The number of H-pyrrole nitrogens is 1. The zero-order chi connectivity index (χ0) is 17.1. The van der Waals surface area contributed by atoms with Gasteiger partial charge in [-0.15, -0.1) is 0 Å². The summed E-state index contributed by atoms with van der Waals surface area (Å²) in [4.78, 5) is 39.4. The van der Waals surface area contributed by atoms with Crippen molar-refractivity contribution in [2.75, 3.05) is 12.9 Å². The van der Waals surface area contributed by atoms with Crippen LogP contribution in [0.4, 0.5) is 0 Å². The molecular weight excluding hydrogens is 332 g/mol. The van der Waals surface area contributed by atoms with Crippen molar-refractivity contribution in [3.8, 4) is 0 Å². The molecule has 0 radical (unpaired) electrons. The Morgan fingerprint density at radius 2 is 2.25 bits per heavy atom. The number of methoxy groups -OCH3 is 1. The number of thioether (sulfide) groups is 1. The highest BCUT2D eigenvalue weighted by atomic mass is 32.2. The molecule has 0 saturated carbocycles. The molecular formula is C14H14N6O3S. The molecule has 124 valence electrons. The van der Waals surface area contributed by atoms with Crippen LogP contribution in [0.1, 0.15) is 16.1 Å². The first-order valence-corrected chi connectivity index (χ1v) is 8.02. The van der Waals surface area contributed by atoms with Crippen molar-refractivity contribution in [1.29, 1.82) is 0 Å². The van der Waals surface area contributed by atoms with Gasteiger partial charge in [0, 0.05) is 11.4 Å². The van der Waals surface area contributed by atoms with Gasteiger partial charge in [-0.1, -0.05) is 11.8 Å². The summed E-state index contributed by atoms with van der Waals surface area (Å²) in [5.41, 5.74) is 0.547. The van der Waals surface area contributed by atoms with Crippen LogP contribution in [0.2, 0.25) is 0 Å². The minimum atomic E-state index is -0.593. The van der Waals surface area contributed by atoms with Crippen molar-refractivity contribution in [3.05, 3.63) is 40.3 Å². The number of nitrogens with zero attached hydrogens (tertiary/aromatic N) is 5. The molecule has 0 bridgehead atoms. The molecule has 3 aromatic rings. The van der Waals surface area contributed by atoms with Crippen LogP contribution in [0.5, 0.6) is 0 Å². The Labute approximate surface area is 140 Å². The van der Waals surface area contributed by atoms with E-state index in [0.29, 0.717) is 23.1 Å². The third kappa shape index (κ3) is 3.27. The topological polar surface area (TPSA) is 116 Å². The molecule has 10 heteroatoms. The van der Waals surface area contributed by atoms with Crippen LogP contribution < -0.4 is 5.56 Å². The average Bonchev–Trinajstić information content (AvgIpc) is 3.06. The summed E-state index contributed by atoms with van der Waals surface area (Å²) in [6, 6.07) is 1.52. The quantitative estimate of drug-likeness (QED) is 0.410. The van der Waals surface area contributed by atoms with Crippen LogP contribution in [0.3, 0.4) is 0 Å². The van der Waals surface area contributed by atoms with Crippen molar-refractivity contribution < 1.29 is 9.53 Å². The zero-order valence-electron chi connectivity index (χ0n) is 13.0. The molecule has 0 fully saturated rings. The molecule has 1 N–H and O–H groups in total. The Balaban J connectivity index is 1.92. The van der Waals surface area contributed by atoms with E-state index >= 15 is 0 Å². The van der Waals surface area contributed by atoms with E-state index < -0.39 is 11.5 Å². The maximum Gasteiger partial charge on any atom is 0.338 e. The Hall–Kier alpha value is -2.75. The zero-order valence-corrected chi connectivity index (χ0v) is 13.8. The van der Waals surface area contributed by atoms with Gasteiger partial charge >= 0.3 is 5.97 Å². The smallest absolute Gasteiger partial charge is 0.338 e. The van der Waals surface area contributed by atoms with E-state index in [1.807, 2.05) is 0 Å². The van der Waals surface area contributed by atoms with E-state index in [1.54, 1.807) is 17.9 Å². The highest BCUT2D eigenvalue weighted by Crippen LogP contribution is 2.18. The Morgan fingerprint density at radius 3 is 2.96 bits per heavy atom. The van der Waals surface area contributed by atoms with Gasteiger partial charge in [0.15, 0.2) is 10.8 Å². The fourth-order valence-corrected chi connectivity index (χ4v) is 2.96. The average molecular weight is 346 g/mol. The number of aryl methyl sites for hydroxylation is 2. The minimum Gasteiger partial charge on any atom is -0.465 e. The highest BCUT2D eigenvalue weighted by Gasteiger charge is 2.17. The van der Waals surface area contributed by atoms with Gasteiger partial charge in [-0.3, -0.25) is 9.48 Å². The fourth-order valence-electron chi connectivity index (χ4n) is 2.17. The van der Waals surface area contributed by atoms with Gasteiger partial charge in [-0.05, 0) is 13.0 Å². The van der Waals surface area contributed by atoms with Crippen LogP contribution in [0, 0.1) is 6.92 Å².